The van der Waals surface area contributed by atoms with E-state index in [-0.39, 0.29) is 95.0 Å². The molecule has 0 aliphatic carbocycles. The van der Waals surface area contributed by atoms with E-state index < -0.39 is 24.6 Å². The van der Waals surface area contributed by atoms with E-state index in [1.165, 1.54) is 11.0 Å². The van der Waals surface area contributed by atoms with Gasteiger partial charge in [-0.2, -0.15) is 18.3 Å². The van der Waals surface area contributed by atoms with Crippen molar-refractivity contribution in [2.24, 2.45) is 14.1 Å². The summed E-state index contributed by atoms with van der Waals surface area (Å²) in [5, 5.41) is 21.6. The Labute approximate surface area is 395 Å². The van der Waals surface area contributed by atoms with Crippen molar-refractivity contribution in [3.63, 3.8) is 0 Å². The van der Waals surface area contributed by atoms with Crippen LogP contribution in [-0.2, 0) is 52.4 Å². The fourth-order valence-electron chi connectivity index (χ4n) is 8.95. The minimum atomic E-state index is -4.71. The van der Waals surface area contributed by atoms with Crippen LogP contribution in [0.2, 0.25) is 0 Å². The molecule has 3 aliphatic heterocycles. The highest BCUT2D eigenvalue weighted by Crippen LogP contribution is 2.41. The number of nitrogens with one attached hydrogen (secondary N) is 3. The molecule has 2 amide bonds. The quantitative estimate of drug-likeness (QED) is 0.0446. The number of aromatic nitrogens is 7. The summed E-state index contributed by atoms with van der Waals surface area (Å²) in [5.41, 5.74) is 3.79. The molecule has 0 radical (unpaired) electrons. The van der Waals surface area contributed by atoms with Crippen LogP contribution in [0.3, 0.4) is 0 Å². The Kier molecular flexibility index (Phi) is 14.6. The molecule has 3 aliphatic rings. The van der Waals surface area contributed by atoms with Gasteiger partial charge in [-0.1, -0.05) is 0 Å². The summed E-state index contributed by atoms with van der Waals surface area (Å²) >= 11 is 0. The van der Waals surface area contributed by atoms with E-state index in [1.807, 2.05) is 13.8 Å². The number of pyridine rings is 1. The van der Waals surface area contributed by atoms with Crippen molar-refractivity contribution in [1.29, 1.82) is 0 Å². The van der Waals surface area contributed by atoms with Crippen LogP contribution in [0.5, 0.6) is 0 Å². The van der Waals surface area contributed by atoms with Gasteiger partial charge in [0, 0.05) is 88.2 Å². The maximum Gasteiger partial charge on any atom is 0.737 e. The second-order valence-corrected chi connectivity index (χ2v) is 16.9. The van der Waals surface area contributed by atoms with Crippen molar-refractivity contribution in [2.75, 3.05) is 69.5 Å². The third kappa shape index (κ3) is 10.4. The molecular weight excluding hydrogens is 906 g/mol. The molecule has 23 heteroatoms. The number of anilines is 2. The summed E-state index contributed by atoms with van der Waals surface area (Å²) in [6, 6.07) is 7.77. The van der Waals surface area contributed by atoms with Crippen molar-refractivity contribution in [1.82, 2.24) is 44.6 Å². The van der Waals surface area contributed by atoms with E-state index in [4.69, 9.17) is 14.2 Å². The third-order valence-electron chi connectivity index (χ3n) is 12.1. The van der Waals surface area contributed by atoms with Crippen molar-refractivity contribution in [3.8, 4) is 22.6 Å². The number of aryl methyl sites for hydroxylation is 4. The van der Waals surface area contributed by atoms with Crippen LogP contribution in [0.25, 0.3) is 28.7 Å². The van der Waals surface area contributed by atoms with Gasteiger partial charge in [0.05, 0.1) is 69.2 Å². The highest BCUT2D eigenvalue weighted by molar-refractivity contribution is 6.58. The van der Waals surface area contributed by atoms with Crippen molar-refractivity contribution in [3.05, 3.63) is 99.9 Å². The van der Waals surface area contributed by atoms with Gasteiger partial charge in [0.15, 0.2) is 11.5 Å². The number of nitrogens with zero attached hydrogens (tertiary/aromatic N) is 9. The summed E-state index contributed by atoms with van der Waals surface area (Å²) in [7, 11) is 3.56. The fourth-order valence-corrected chi connectivity index (χ4v) is 8.95. The van der Waals surface area contributed by atoms with Gasteiger partial charge >= 0.3 is 13.1 Å². The first-order chi connectivity index (χ1) is 33.1. The zero-order valence-corrected chi connectivity index (χ0v) is 39.0. The number of ether oxygens (including phenoxy) is 3. The highest BCUT2D eigenvalue weighted by atomic mass is 19.4. The second kappa shape index (κ2) is 20.6. The van der Waals surface area contributed by atoms with Crippen LogP contribution in [0.15, 0.2) is 60.7 Å². The maximum atomic E-state index is 15.6. The number of hydrogen-bond donors (Lipinski definition) is 3. The molecule has 0 fully saturated rings. The molecule has 0 unspecified atom stereocenters. The summed E-state index contributed by atoms with van der Waals surface area (Å²) in [6.45, 7) is 3.74. The topological polar surface area (TPSA) is 171 Å². The van der Waals surface area contributed by atoms with Gasteiger partial charge in [0.25, 0.3) is 5.91 Å². The van der Waals surface area contributed by atoms with E-state index in [1.54, 1.807) is 79.2 Å². The molecule has 0 bridgehead atoms. The van der Waals surface area contributed by atoms with Gasteiger partial charge in [-0.3, -0.25) is 19.2 Å². The van der Waals surface area contributed by atoms with Crippen LogP contribution in [0.1, 0.15) is 63.8 Å². The zero-order valence-electron chi connectivity index (χ0n) is 39.0. The van der Waals surface area contributed by atoms with Crippen molar-refractivity contribution >= 4 is 42.2 Å². The molecule has 366 valence electrons. The van der Waals surface area contributed by atoms with Crippen LogP contribution in [0.4, 0.5) is 33.4 Å². The number of halogens is 5. The molecule has 0 saturated heterocycles. The zero-order chi connectivity index (χ0) is 49.0. The minimum absolute atomic E-state index is 0.0405. The van der Waals surface area contributed by atoms with Gasteiger partial charge in [0.1, 0.15) is 23.7 Å². The number of allylic oxidation sites excluding steroid dienone is 2. The lowest BCUT2D eigenvalue weighted by molar-refractivity contribution is -0.362. The van der Waals surface area contributed by atoms with Gasteiger partial charge < -0.3 is 52.3 Å². The molecule has 8 rings (SSSR count). The Balaban J connectivity index is 0.743. The summed E-state index contributed by atoms with van der Waals surface area (Å²) in [6.07, 6.45) is 3.77. The first-order valence-electron chi connectivity index (χ1n) is 22.7. The Morgan fingerprint density at radius 2 is 1.68 bits per heavy atom. The predicted molar refractivity (Wildman–Crippen MR) is 249 cm³/mol. The van der Waals surface area contributed by atoms with E-state index in [9.17, 15) is 22.8 Å². The molecule has 69 heavy (non-hydrogen) atoms. The van der Waals surface area contributed by atoms with Crippen LogP contribution >= 0.6 is 0 Å². The summed E-state index contributed by atoms with van der Waals surface area (Å²) < 4.78 is 97.1. The number of hydrogen-bond acceptors (Lipinski definition) is 11. The maximum absolute atomic E-state index is 15.6. The second-order valence-electron chi connectivity index (χ2n) is 16.9. The standard InChI is InChI=1S/C46H54BF5N12O5/c1-6-54-40-22-32(43-36(26-57-61(43)5)44-59-56-28-60(44)4)23-41(58-40)62-27-37-35(45(62)66)20-31(21-38(37)46(48,49)50)25-53-11-13-67-15-17-69-18-16-68-14-12-55-42(65)10-9-33-7-8-34-24-39-29(2)19-30(3)63(39)47(51,52)64(33)34/h7-8,19-24,26,28,53H,6,9-18,25,27H2,1-5H3,(H,54,58)(H,55,65). The lowest BCUT2D eigenvalue weighted by Crippen LogP contribution is -2.50. The smallest absolute Gasteiger partial charge is 0.394 e. The first-order valence-corrected chi connectivity index (χ1v) is 22.7. The van der Waals surface area contributed by atoms with Crippen molar-refractivity contribution in [2.45, 2.75) is 52.9 Å². The van der Waals surface area contributed by atoms with Crippen LogP contribution in [-0.4, -0.2) is 122 Å². The van der Waals surface area contributed by atoms with E-state index in [0.717, 1.165) is 20.6 Å². The summed E-state index contributed by atoms with van der Waals surface area (Å²) in [5.74, 6) is 0.301. The number of rotatable bonds is 22. The predicted octanol–water partition coefficient (Wildman–Crippen LogP) is 5.64. The molecule has 0 atom stereocenters. The number of amides is 2. The number of fused-ring (bicyclic) bond motifs is 3. The Hall–Kier alpha value is -6.56. The molecule has 7 heterocycles. The molecule has 1 aromatic carbocycles. The SMILES string of the molecule is CCNc1cc(-c2c(-c3nncn3C)cnn2C)cc(N2Cc3c(cc(CNCCOCCOCCOCCNC(=O)CCC4=[N+]5C(=Cc6c(C)cc(C)n6[B-]5(F)F)C=C4)cc3C(F)(F)F)C2=O)n1. The summed E-state index contributed by atoms with van der Waals surface area (Å²) in [4.78, 5) is 32.4. The normalized spacial score (nSPS) is 15.0. The number of carbonyl (C=O) groups is 2. The third-order valence-corrected chi connectivity index (χ3v) is 12.1. The van der Waals surface area contributed by atoms with Gasteiger partial charge in [-0.25, -0.2) is 4.98 Å². The van der Waals surface area contributed by atoms with Gasteiger partial charge in [-0.05, 0) is 73.5 Å². The van der Waals surface area contributed by atoms with E-state index in [2.05, 4.69) is 36.2 Å². The Bertz CT molecular complexity index is 2830. The monoisotopic (exact) mass is 960 g/mol. The minimum Gasteiger partial charge on any atom is -0.394 e. The molecule has 0 saturated carbocycles. The van der Waals surface area contributed by atoms with Gasteiger partial charge in [-0.15, -0.1) is 10.2 Å². The average Bonchev–Trinajstić information content (AvgIpc) is 4.14. The molecule has 4 aromatic heterocycles. The Morgan fingerprint density at radius 3 is 2.39 bits per heavy atom. The number of alkyl halides is 3. The van der Waals surface area contributed by atoms with Crippen LogP contribution in [0, 0.1) is 13.8 Å². The molecule has 3 N–H and O–H groups in total. The number of benzene rings is 1. The highest BCUT2D eigenvalue weighted by Gasteiger charge is 2.52. The number of carbonyl (C=O) groups excluding carboxylic acids is 2. The van der Waals surface area contributed by atoms with Crippen molar-refractivity contribution < 1.29 is 50.1 Å². The molecular formula is C46H54BF5N12O5. The first kappa shape index (κ1) is 48.9. The molecule has 17 nitrogen and oxygen atoms in total. The van der Waals surface area contributed by atoms with Gasteiger partial charge in [0.2, 0.25) is 5.91 Å². The van der Waals surface area contributed by atoms with Crippen LogP contribution < -0.4 is 20.9 Å². The Morgan fingerprint density at radius 1 is 0.942 bits per heavy atom. The van der Waals surface area contributed by atoms with E-state index in [0.29, 0.717) is 69.9 Å². The molecule has 5 aromatic rings. The lowest BCUT2D eigenvalue weighted by Gasteiger charge is -2.30. The van der Waals surface area contributed by atoms with E-state index >= 15 is 8.63 Å². The average molecular weight is 961 g/mol. The lowest BCUT2D eigenvalue weighted by atomic mass is 9.90. The largest absolute Gasteiger partial charge is 0.737 e. The molecule has 0 spiro atoms. The fraction of sp³-hybridized carbons (Fsp3) is 0.413.